The van der Waals surface area contributed by atoms with Crippen LogP contribution in [-0.4, -0.2) is 32.2 Å². The molecule has 0 saturated carbocycles. The summed E-state index contributed by atoms with van der Waals surface area (Å²) in [5, 5.41) is 9.33. The highest BCUT2D eigenvalue weighted by Crippen LogP contribution is 2.15. The molecule has 0 heterocycles. The Hall–Kier alpha value is -1.91. The number of rotatable bonds is 3. The molecule has 0 saturated heterocycles. The Labute approximate surface area is 88.3 Å². The van der Waals surface area contributed by atoms with Gasteiger partial charge in [0.25, 0.3) is 0 Å². The maximum absolute atomic E-state index is 11.2. The largest absolute Gasteiger partial charge is 0.465 e. The van der Waals surface area contributed by atoms with Crippen molar-refractivity contribution in [2.75, 3.05) is 21.2 Å². The van der Waals surface area contributed by atoms with Crippen LogP contribution in [0.5, 0.6) is 0 Å². The summed E-state index contributed by atoms with van der Waals surface area (Å²) in [6.45, 7) is 0. The molecule has 0 radical (unpaired) electrons. The number of hydrogen-bond donors (Lipinski definition) is 0. The summed E-state index contributed by atoms with van der Waals surface area (Å²) in [7, 11) is 4.89. The molecule has 1 rings (SSSR count). The topological polar surface area (TPSA) is 54.3 Å². The third kappa shape index (κ3) is 3.38. The first kappa shape index (κ1) is 11.2. The zero-order valence-electron chi connectivity index (χ0n) is 8.97. The zero-order chi connectivity index (χ0) is 11.3. The molecule has 0 atom stereocenters. The third-order valence-corrected chi connectivity index (χ3v) is 1.61. The highest BCUT2D eigenvalue weighted by Gasteiger charge is 2.04. The summed E-state index contributed by atoms with van der Waals surface area (Å²) in [6.07, 6.45) is 0. The van der Waals surface area contributed by atoms with Crippen LogP contribution in [0.2, 0.25) is 0 Å². The smallest absolute Gasteiger partial charge is 0.337 e. The molecular formula is C10H13N3O2. The summed E-state index contributed by atoms with van der Waals surface area (Å²) in [4.78, 5) is 11.2. The minimum absolute atomic E-state index is 0.378. The first-order chi connectivity index (χ1) is 7.13. The highest BCUT2D eigenvalue weighted by molar-refractivity contribution is 5.90. The molecule has 0 N–H and O–H groups in total. The zero-order valence-corrected chi connectivity index (χ0v) is 8.97. The van der Waals surface area contributed by atoms with Crippen molar-refractivity contribution in [1.82, 2.24) is 5.01 Å². The minimum atomic E-state index is -0.378. The van der Waals surface area contributed by atoms with E-state index in [1.54, 1.807) is 43.4 Å². The molecule has 80 valence electrons. The van der Waals surface area contributed by atoms with Gasteiger partial charge in [-0.25, -0.2) is 4.79 Å². The minimum Gasteiger partial charge on any atom is -0.465 e. The molecule has 0 aliphatic rings. The molecule has 5 nitrogen and oxygen atoms in total. The maximum Gasteiger partial charge on any atom is 0.337 e. The van der Waals surface area contributed by atoms with E-state index in [1.807, 2.05) is 0 Å². The molecule has 0 aliphatic heterocycles. The molecule has 0 amide bonds. The van der Waals surface area contributed by atoms with Gasteiger partial charge < -0.3 is 4.74 Å². The highest BCUT2D eigenvalue weighted by atomic mass is 16.5. The van der Waals surface area contributed by atoms with Crippen LogP contribution in [0.3, 0.4) is 0 Å². The summed E-state index contributed by atoms with van der Waals surface area (Å²) < 4.78 is 4.60. The van der Waals surface area contributed by atoms with E-state index in [0.29, 0.717) is 11.3 Å². The van der Waals surface area contributed by atoms with Crippen molar-refractivity contribution in [3.63, 3.8) is 0 Å². The van der Waals surface area contributed by atoms with Crippen LogP contribution in [0.25, 0.3) is 0 Å². The molecule has 5 heteroatoms. The standard InChI is InChI=1S/C10H13N3O2/c1-13(2)12-11-9-6-4-5-8(7-9)10(14)15-3/h4-7H,1-3H3. The van der Waals surface area contributed by atoms with Crippen LogP contribution in [-0.2, 0) is 4.74 Å². The van der Waals surface area contributed by atoms with Crippen molar-refractivity contribution in [3.8, 4) is 0 Å². The van der Waals surface area contributed by atoms with E-state index in [2.05, 4.69) is 15.1 Å². The molecule has 1 aromatic carbocycles. The van der Waals surface area contributed by atoms with Gasteiger partial charge in [0, 0.05) is 14.1 Å². The predicted molar refractivity (Wildman–Crippen MR) is 56.0 cm³/mol. The molecule has 0 fully saturated rings. The average Bonchev–Trinajstić information content (AvgIpc) is 2.25. The Morgan fingerprint density at radius 2 is 2.13 bits per heavy atom. The second kappa shape index (κ2) is 5.09. The fraction of sp³-hybridized carbons (Fsp3) is 0.300. The summed E-state index contributed by atoms with van der Waals surface area (Å²) in [5.74, 6) is -0.378. The van der Waals surface area contributed by atoms with Gasteiger partial charge in [-0.1, -0.05) is 11.3 Å². The van der Waals surface area contributed by atoms with Gasteiger partial charge in [0.15, 0.2) is 0 Å². The van der Waals surface area contributed by atoms with Gasteiger partial charge in [0.1, 0.15) is 0 Å². The summed E-state index contributed by atoms with van der Waals surface area (Å²) in [6, 6.07) is 6.79. The number of benzene rings is 1. The summed E-state index contributed by atoms with van der Waals surface area (Å²) in [5.41, 5.74) is 1.08. The van der Waals surface area contributed by atoms with Crippen molar-refractivity contribution in [2.45, 2.75) is 0 Å². The quantitative estimate of drug-likeness (QED) is 0.433. The van der Waals surface area contributed by atoms with E-state index >= 15 is 0 Å². The van der Waals surface area contributed by atoms with Crippen LogP contribution in [0.15, 0.2) is 34.6 Å². The third-order valence-electron chi connectivity index (χ3n) is 1.61. The van der Waals surface area contributed by atoms with E-state index in [-0.39, 0.29) is 5.97 Å². The number of hydrogen-bond acceptors (Lipinski definition) is 4. The second-order valence-corrected chi connectivity index (χ2v) is 3.08. The first-order valence-corrected chi connectivity index (χ1v) is 4.41. The first-order valence-electron chi connectivity index (χ1n) is 4.41. The lowest BCUT2D eigenvalue weighted by Crippen LogP contribution is -2.00. The van der Waals surface area contributed by atoms with Crippen LogP contribution in [0, 0.1) is 0 Å². The second-order valence-electron chi connectivity index (χ2n) is 3.08. The van der Waals surface area contributed by atoms with Crippen molar-refractivity contribution < 1.29 is 9.53 Å². The van der Waals surface area contributed by atoms with Crippen molar-refractivity contribution in [1.29, 1.82) is 0 Å². The fourth-order valence-electron chi connectivity index (χ4n) is 0.954. The number of esters is 1. The molecule has 1 aromatic rings. The van der Waals surface area contributed by atoms with Crippen molar-refractivity contribution in [2.24, 2.45) is 10.3 Å². The lowest BCUT2D eigenvalue weighted by atomic mass is 10.2. The molecule has 0 bridgehead atoms. The summed E-state index contributed by atoms with van der Waals surface area (Å²) >= 11 is 0. The van der Waals surface area contributed by atoms with Crippen molar-refractivity contribution >= 4 is 11.7 Å². The molecule has 0 aromatic heterocycles. The normalized spacial score (nSPS) is 10.3. The van der Waals surface area contributed by atoms with Gasteiger partial charge in [0.05, 0.1) is 18.4 Å². The molecule has 0 aliphatic carbocycles. The van der Waals surface area contributed by atoms with Gasteiger partial charge in [0.2, 0.25) is 0 Å². The number of ether oxygens (including phenoxy) is 1. The van der Waals surface area contributed by atoms with Crippen LogP contribution >= 0.6 is 0 Å². The predicted octanol–water partition coefficient (Wildman–Crippen LogP) is 2.03. The average molecular weight is 207 g/mol. The molecular weight excluding hydrogens is 194 g/mol. The Balaban J connectivity index is 2.88. The van der Waals surface area contributed by atoms with Crippen LogP contribution in [0.1, 0.15) is 10.4 Å². The molecule has 0 spiro atoms. The van der Waals surface area contributed by atoms with Crippen LogP contribution < -0.4 is 0 Å². The number of methoxy groups -OCH3 is 1. The molecule has 15 heavy (non-hydrogen) atoms. The monoisotopic (exact) mass is 207 g/mol. The Bertz CT molecular complexity index is 375. The van der Waals surface area contributed by atoms with Gasteiger partial charge in [-0.15, -0.1) is 5.11 Å². The van der Waals surface area contributed by atoms with E-state index in [1.165, 1.54) is 7.11 Å². The van der Waals surface area contributed by atoms with Gasteiger partial charge in [-0.05, 0) is 18.2 Å². The number of nitrogens with zero attached hydrogens (tertiary/aromatic N) is 3. The van der Waals surface area contributed by atoms with E-state index in [0.717, 1.165) is 0 Å². The number of carbonyl (C=O) groups excluding carboxylic acids is 1. The molecule has 0 unspecified atom stereocenters. The van der Waals surface area contributed by atoms with E-state index < -0.39 is 0 Å². The van der Waals surface area contributed by atoms with E-state index in [4.69, 9.17) is 0 Å². The Morgan fingerprint density at radius 1 is 1.40 bits per heavy atom. The van der Waals surface area contributed by atoms with Crippen molar-refractivity contribution in [3.05, 3.63) is 29.8 Å². The lowest BCUT2D eigenvalue weighted by Gasteiger charge is -2.01. The fourth-order valence-corrected chi connectivity index (χ4v) is 0.954. The van der Waals surface area contributed by atoms with Crippen LogP contribution in [0.4, 0.5) is 5.69 Å². The maximum atomic E-state index is 11.2. The van der Waals surface area contributed by atoms with Gasteiger partial charge in [-0.3, -0.25) is 5.01 Å². The lowest BCUT2D eigenvalue weighted by molar-refractivity contribution is 0.0601. The Morgan fingerprint density at radius 3 is 2.73 bits per heavy atom. The van der Waals surface area contributed by atoms with E-state index in [9.17, 15) is 4.79 Å². The Kier molecular flexibility index (Phi) is 3.79. The van der Waals surface area contributed by atoms with Gasteiger partial charge in [-0.2, -0.15) is 0 Å². The number of carbonyl (C=O) groups is 1. The van der Waals surface area contributed by atoms with Gasteiger partial charge >= 0.3 is 5.97 Å². The SMILES string of the molecule is COC(=O)c1cccc(N=NN(C)C)c1.